The van der Waals surface area contributed by atoms with Crippen molar-refractivity contribution in [2.24, 2.45) is 0 Å². The summed E-state index contributed by atoms with van der Waals surface area (Å²) in [6.45, 7) is 3.45. The number of nitrogens with zero attached hydrogens (tertiary/aromatic N) is 3. The zero-order chi connectivity index (χ0) is 13.9. The van der Waals surface area contributed by atoms with Crippen molar-refractivity contribution < 1.29 is 14.0 Å². The van der Waals surface area contributed by atoms with E-state index in [0.717, 1.165) is 12.1 Å². The Morgan fingerprint density at radius 1 is 1.40 bits per heavy atom. The van der Waals surface area contributed by atoms with Crippen LogP contribution in [0.4, 0.5) is 0 Å². The molecule has 0 aromatic carbocycles. The molecule has 7 heteroatoms. The fourth-order valence-corrected chi connectivity index (χ4v) is 2.12. The first-order chi connectivity index (χ1) is 9.78. The summed E-state index contributed by atoms with van der Waals surface area (Å²) in [5.74, 6) is 1.59. The van der Waals surface area contributed by atoms with Gasteiger partial charge in [0.25, 0.3) is 0 Å². The average Bonchev–Trinajstić information content (AvgIpc) is 2.97. The van der Waals surface area contributed by atoms with E-state index in [9.17, 15) is 0 Å². The van der Waals surface area contributed by atoms with E-state index >= 15 is 0 Å². The summed E-state index contributed by atoms with van der Waals surface area (Å²) in [5, 5.41) is 7.30. The lowest BCUT2D eigenvalue weighted by atomic mass is 10.1. The molecule has 3 rings (SSSR count). The Balaban J connectivity index is 1.81. The molecule has 0 saturated carbocycles. The number of methoxy groups -OCH3 is 1. The molecule has 0 bridgehead atoms. The molecule has 0 aliphatic carbocycles. The predicted molar refractivity (Wildman–Crippen MR) is 70.2 cm³/mol. The van der Waals surface area contributed by atoms with Crippen LogP contribution in [0.3, 0.4) is 0 Å². The van der Waals surface area contributed by atoms with Gasteiger partial charge in [0.15, 0.2) is 0 Å². The van der Waals surface area contributed by atoms with E-state index in [0.29, 0.717) is 24.2 Å². The van der Waals surface area contributed by atoms with Crippen molar-refractivity contribution in [3.8, 4) is 17.3 Å². The van der Waals surface area contributed by atoms with Crippen LogP contribution in [0.25, 0.3) is 11.4 Å². The molecular formula is C13H16N4O3. The maximum atomic E-state index is 5.57. The topological polar surface area (TPSA) is 82.3 Å². The second kappa shape index (κ2) is 5.56. The standard InChI is InChI=1S/C13H16N4O3/c1-8-11(14-5-6-19-8)13-16-12(17-20-13)9-3-4-10(18-2)15-7-9/h3-4,7-8,11,14H,5-6H2,1-2H3/t8-,11+/m1/s1. The van der Waals surface area contributed by atoms with Gasteiger partial charge in [-0.3, -0.25) is 0 Å². The zero-order valence-electron chi connectivity index (χ0n) is 11.4. The Bertz CT molecular complexity index is 569. The second-order valence-electron chi connectivity index (χ2n) is 4.55. The fourth-order valence-electron chi connectivity index (χ4n) is 2.12. The third kappa shape index (κ3) is 2.50. The van der Waals surface area contributed by atoms with E-state index < -0.39 is 0 Å². The summed E-state index contributed by atoms with van der Waals surface area (Å²) in [7, 11) is 1.57. The van der Waals surface area contributed by atoms with Gasteiger partial charge < -0.3 is 19.3 Å². The van der Waals surface area contributed by atoms with Crippen LogP contribution in [0, 0.1) is 0 Å². The van der Waals surface area contributed by atoms with Gasteiger partial charge in [-0.15, -0.1) is 0 Å². The van der Waals surface area contributed by atoms with E-state index in [2.05, 4.69) is 20.4 Å². The van der Waals surface area contributed by atoms with E-state index in [1.165, 1.54) is 0 Å². The number of aromatic nitrogens is 3. The highest BCUT2D eigenvalue weighted by Crippen LogP contribution is 2.23. The number of nitrogens with one attached hydrogen (secondary N) is 1. The third-order valence-corrected chi connectivity index (χ3v) is 3.23. The molecule has 3 heterocycles. The first-order valence-electron chi connectivity index (χ1n) is 6.47. The van der Waals surface area contributed by atoms with Crippen LogP contribution in [-0.4, -0.2) is 41.5 Å². The molecule has 1 N–H and O–H groups in total. The van der Waals surface area contributed by atoms with Crippen LogP contribution < -0.4 is 10.1 Å². The van der Waals surface area contributed by atoms with Gasteiger partial charge in [-0.2, -0.15) is 4.98 Å². The lowest BCUT2D eigenvalue weighted by molar-refractivity contribution is -0.00136. The quantitative estimate of drug-likeness (QED) is 0.901. The Morgan fingerprint density at radius 2 is 2.30 bits per heavy atom. The Morgan fingerprint density at radius 3 is 3.00 bits per heavy atom. The highest BCUT2D eigenvalue weighted by Gasteiger charge is 2.28. The summed E-state index contributed by atoms with van der Waals surface area (Å²) in [4.78, 5) is 8.54. The van der Waals surface area contributed by atoms with Gasteiger partial charge in [-0.1, -0.05) is 5.16 Å². The molecule has 0 unspecified atom stereocenters. The van der Waals surface area contributed by atoms with Gasteiger partial charge >= 0.3 is 0 Å². The van der Waals surface area contributed by atoms with E-state index in [1.54, 1.807) is 19.4 Å². The minimum Gasteiger partial charge on any atom is -0.481 e. The summed E-state index contributed by atoms with van der Waals surface area (Å²) < 4.78 is 15.9. The monoisotopic (exact) mass is 276 g/mol. The van der Waals surface area contributed by atoms with Crippen molar-refractivity contribution >= 4 is 0 Å². The van der Waals surface area contributed by atoms with Crippen molar-refractivity contribution in [3.05, 3.63) is 24.2 Å². The molecule has 2 aromatic heterocycles. The molecule has 2 aromatic rings. The van der Waals surface area contributed by atoms with Gasteiger partial charge in [-0.25, -0.2) is 4.98 Å². The van der Waals surface area contributed by atoms with Crippen LogP contribution >= 0.6 is 0 Å². The van der Waals surface area contributed by atoms with Crippen LogP contribution in [0.15, 0.2) is 22.9 Å². The minimum atomic E-state index is -0.0730. The first-order valence-corrected chi connectivity index (χ1v) is 6.47. The Kier molecular flexibility index (Phi) is 3.62. The van der Waals surface area contributed by atoms with Crippen LogP contribution in [-0.2, 0) is 4.74 Å². The number of morpholine rings is 1. The van der Waals surface area contributed by atoms with E-state index in [1.807, 2.05) is 13.0 Å². The molecule has 20 heavy (non-hydrogen) atoms. The molecule has 7 nitrogen and oxygen atoms in total. The predicted octanol–water partition coefficient (Wildman–Crippen LogP) is 1.19. The van der Waals surface area contributed by atoms with Crippen molar-refractivity contribution in [2.45, 2.75) is 19.1 Å². The summed E-state index contributed by atoms with van der Waals surface area (Å²) >= 11 is 0. The normalized spacial score (nSPS) is 22.7. The van der Waals surface area contributed by atoms with Crippen molar-refractivity contribution in [3.63, 3.8) is 0 Å². The highest BCUT2D eigenvalue weighted by atomic mass is 16.5. The molecule has 106 valence electrons. The lowest BCUT2D eigenvalue weighted by Crippen LogP contribution is -2.40. The molecule has 0 radical (unpaired) electrons. The molecule has 1 saturated heterocycles. The average molecular weight is 276 g/mol. The molecule has 0 amide bonds. The van der Waals surface area contributed by atoms with Gasteiger partial charge in [-0.05, 0) is 13.0 Å². The molecular weight excluding hydrogens is 260 g/mol. The number of pyridine rings is 1. The largest absolute Gasteiger partial charge is 0.481 e. The number of rotatable bonds is 3. The SMILES string of the molecule is COc1ccc(-c2noc([C@H]3NCCO[C@@H]3C)n2)cn1. The molecule has 1 fully saturated rings. The zero-order valence-corrected chi connectivity index (χ0v) is 11.4. The molecule has 2 atom stereocenters. The maximum Gasteiger partial charge on any atom is 0.246 e. The van der Waals surface area contributed by atoms with Crippen molar-refractivity contribution in [2.75, 3.05) is 20.3 Å². The Labute approximate surface area is 116 Å². The van der Waals surface area contributed by atoms with Crippen molar-refractivity contribution in [1.82, 2.24) is 20.4 Å². The maximum absolute atomic E-state index is 5.57. The minimum absolute atomic E-state index is 0.00559. The third-order valence-electron chi connectivity index (χ3n) is 3.23. The van der Waals surface area contributed by atoms with Crippen LogP contribution in [0.2, 0.25) is 0 Å². The fraction of sp³-hybridized carbons (Fsp3) is 0.462. The first kappa shape index (κ1) is 13.0. The molecule has 1 aliphatic heterocycles. The van der Waals surface area contributed by atoms with Crippen LogP contribution in [0.1, 0.15) is 18.9 Å². The highest BCUT2D eigenvalue weighted by molar-refractivity contribution is 5.53. The van der Waals surface area contributed by atoms with E-state index in [-0.39, 0.29) is 12.1 Å². The Hall–Kier alpha value is -1.99. The molecule has 0 spiro atoms. The summed E-state index contributed by atoms with van der Waals surface area (Å²) in [6, 6.07) is 3.53. The van der Waals surface area contributed by atoms with Gasteiger partial charge in [0, 0.05) is 24.4 Å². The van der Waals surface area contributed by atoms with Gasteiger partial charge in [0.1, 0.15) is 6.04 Å². The smallest absolute Gasteiger partial charge is 0.246 e. The lowest BCUT2D eigenvalue weighted by Gasteiger charge is -2.27. The summed E-state index contributed by atoms with van der Waals surface area (Å²) in [6.07, 6.45) is 1.66. The van der Waals surface area contributed by atoms with E-state index in [4.69, 9.17) is 14.0 Å². The van der Waals surface area contributed by atoms with Gasteiger partial charge in [0.2, 0.25) is 17.6 Å². The molecule has 1 aliphatic rings. The van der Waals surface area contributed by atoms with Crippen LogP contribution in [0.5, 0.6) is 5.88 Å². The van der Waals surface area contributed by atoms with Gasteiger partial charge in [0.05, 0.1) is 19.8 Å². The number of ether oxygens (including phenoxy) is 2. The second-order valence-corrected chi connectivity index (χ2v) is 4.55. The summed E-state index contributed by atoms with van der Waals surface area (Å²) in [5.41, 5.74) is 0.783. The van der Waals surface area contributed by atoms with Crippen molar-refractivity contribution in [1.29, 1.82) is 0 Å². The number of hydrogen-bond donors (Lipinski definition) is 1. The number of hydrogen-bond acceptors (Lipinski definition) is 7.